The summed E-state index contributed by atoms with van der Waals surface area (Å²) in [7, 11) is 0. The summed E-state index contributed by atoms with van der Waals surface area (Å²) in [4.78, 5) is 132. The molecule has 5 fully saturated rings. The van der Waals surface area contributed by atoms with Gasteiger partial charge in [-0.25, -0.2) is 8.78 Å². The van der Waals surface area contributed by atoms with Crippen molar-refractivity contribution in [2.75, 3.05) is 0 Å². The van der Waals surface area contributed by atoms with E-state index in [9.17, 15) is 56.7 Å². The van der Waals surface area contributed by atoms with Crippen molar-refractivity contribution in [2.24, 2.45) is 0 Å². The molecule has 10 aliphatic heterocycles. The zero-order valence-electron chi connectivity index (χ0n) is 67.6. The van der Waals surface area contributed by atoms with Crippen molar-refractivity contribution in [1.82, 2.24) is 51.1 Å². The Morgan fingerprint density at radius 3 is 0.759 bits per heavy atom. The fourth-order valence-electron chi connectivity index (χ4n) is 15.8. The van der Waals surface area contributed by atoms with Gasteiger partial charge in [-0.3, -0.25) is 47.9 Å². The molecule has 5 N–H and O–H groups in total. The molecule has 0 bridgehead atoms. The number of hydrogen-bond acceptors (Lipinski definition) is 10. The van der Waals surface area contributed by atoms with Gasteiger partial charge in [-0.15, -0.1) is 0 Å². The highest BCUT2D eigenvalue weighted by Gasteiger charge is 2.45. The lowest BCUT2D eigenvalue weighted by Gasteiger charge is -2.30. The zero-order chi connectivity index (χ0) is 82.1. The Morgan fingerprint density at radius 2 is 0.509 bits per heavy atom. The first-order valence-electron chi connectivity index (χ1n) is 38.7. The van der Waals surface area contributed by atoms with Gasteiger partial charge < -0.3 is 51.1 Å². The van der Waals surface area contributed by atoms with E-state index >= 15 is 0 Å². The van der Waals surface area contributed by atoms with Gasteiger partial charge in [-0.2, -0.15) is 0 Å². The summed E-state index contributed by atoms with van der Waals surface area (Å²) in [5.41, 5.74) is 15.3. The normalized spacial score (nSPS) is 21.7. The number of halogens is 2. The Labute approximate surface area is 657 Å². The van der Waals surface area contributed by atoms with E-state index in [-0.39, 0.29) is 116 Å². The summed E-state index contributed by atoms with van der Waals surface area (Å²) in [5.74, 6) is -2.16. The number of hydrogen-bond donors (Lipinski definition) is 5. The molecule has 3 unspecified atom stereocenters. The van der Waals surface area contributed by atoms with E-state index in [1.165, 1.54) is 33.1 Å². The second-order valence-electron chi connectivity index (χ2n) is 36.2. The second-order valence-corrected chi connectivity index (χ2v) is 36.2. The molecule has 592 valence electrons. The van der Waals surface area contributed by atoms with Gasteiger partial charge in [0.2, 0.25) is 29.5 Å². The van der Waals surface area contributed by atoms with Crippen LogP contribution in [0, 0.1) is 11.6 Å². The Morgan fingerprint density at radius 1 is 0.286 bits per heavy atom. The van der Waals surface area contributed by atoms with Crippen molar-refractivity contribution < 1.29 is 56.7 Å². The van der Waals surface area contributed by atoms with E-state index in [1.54, 1.807) is 26.8 Å². The highest BCUT2D eigenvalue weighted by Crippen LogP contribution is 2.40. The van der Waals surface area contributed by atoms with Crippen molar-refractivity contribution >= 4 is 59.1 Å². The number of benzene rings is 5. The quantitative estimate of drug-likeness (QED) is 0.111. The average Bonchev–Trinajstić information content (AvgIpc) is 1.63. The molecular weight excluding hydrogens is 1420 g/mol. The van der Waals surface area contributed by atoms with Crippen LogP contribution in [0.1, 0.15) is 275 Å². The van der Waals surface area contributed by atoms with Gasteiger partial charge in [0.15, 0.2) is 0 Å². The highest BCUT2D eigenvalue weighted by atomic mass is 19.1. The van der Waals surface area contributed by atoms with E-state index in [0.29, 0.717) is 111 Å². The van der Waals surface area contributed by atoms with Crippen LogP contribution < -0.4 is 26.6 Å². The maximum atomic E-state index is 14.3. The summed E-state index contributed by atoms with van der Waals surface area (Å²) in [6, 6.07) is 22.1. The van der Waals surface area contributed by atoms with Crippen LogP contribution >= 0.6 is 0 Å². The number of allylic oxidation sites excluding steroid dienone is 5. The number of nitrogens with one attached hydrogen (secondary N) is 5. The molecule has 0 saturated carbocycles. The summed E-state index contributed by atoms with van der Waals surface area (Å²) >= 11 is 0. The van der Waals surface area contributed by atoms with Gasteiger partial charge in [-0.1, -0.05) is 173 Å². The maximum absolute atomic E-state index is 14.3. The predicted octanol–water partition coefficient (Wildman–Crippen LogP) is 13.9. The minimum Gasteiger partial charge on any atom is -0.329 e. The molecule has 5 saturated heterocycles. The second kappa shape index (κ2) is 31.1. The Kier molecular flexibility index (Phi) is 22.9. The first kappa shape index (κ1) is 82.3. The van der Waals surface area contributed by atoms with Crippen LogP contribution in [0.5, 0.6) is 0 Å². The fraction of sp³-hybridized carbons (Fsp3) is 0.444. The van der Waals surface area contributed by atoms with Crippen LogP contribution in [0.15, 0.2) is 140 Å². The first-order valence-corrected chi connectivity index (χ1v) is 38.7. The highest BCUT2D eigenvalue weighted by molar-refractivity contribution is 6.05. The summed E-state index contributed by atoms with van der Waals surface area (Å²) < 4.78 is 28.7. The number of fused-ring (bicyclic) bond motifs is 5. The van der Waals surface area contributed by atoms with E-state index < -0.39 is 12.1 Å². The van der Waals surface area contributed by atoms with Crippen LogP contribution in [-0.4, -0.2) is 114 Å². The van der Waals surface area contributed by atoms with E-state index in [0.717, 1.165) is 86.4 Å². The monoisotopic (exact) mass is 1530 g/mol. The molecule has 112 heavy (non-hydrogen) atoms. The lowest BCUT2D eigenvalue weighted by Crippen LogP contribution is -2.49. The lowest BCUT2D eigenvalue weighted by atomic mass is 9.85. The van der Waals surface area contributed by atoms with Crippen molar-refractivity contribution in [2.45, 2.75) is 258 Å². The van der Waals surface area contributed by atoms with Gasteiger partial charge in [0, 0.05) is 89.0 Å². The molecule has 5 aromatic rings. The predicted molar refractivity (Wildman–Crippen MR) is 427 cm³/mol. The number of piperidine rings is 5. The Bertz CT molecular complexity index is 4550. The fourth-order valence-corrected chi connectivity index (χ4v) is 15.8. The number of carbonyl (C=O) groups excluding carboxylic acids is 10. The number of nitrogens with zero attached hydrogens (tertiary/aromatic N) is 5. The van der Waals surface area contributed by atoms with Gasteiger partial charge in [-0.05, 0) is 189 Å². The van der Waals surface area contributed by atoms with Crippen LogP contribution in [0.4, 0.5) is 8.78 Å². The van der Waals surface area contributed by atoms with Crippen molar-refractivity contribution in [3.8, 4) is 0 Å². The first-order chi connectivity index (χ1) is 52.2. The molecular formula is C90H108F2N10O10. The molecule has 10 heterocycles. The summed E-state index contributed by atoms with van der Waals surface area (Å²) in [6.07, 6.45) is 6.54. The molecule has 5 aromatic carbocycles. The molecule has 20 nitrogen and oxygen atoms in total. The third-order valence-electron chi connectivity index (χ3n) is 22.6. The number of rotatable bonds is 5. The topological polar surface area (TPSA) is 247 Å². The smallest absolute Gasteiger partial charge is 0.255 e. The maximum Gasteiger partial charge on any atom is 0.255 e. The molecule has 15 rings (SSSR count). The zero-order valence-corrected chi connectivity index (χ0v) is 67.6. The molecule has 22 heteroatoms. The standard InChI is InChI=1S/2C18H21FN2O2.3C18H22N2O2/c2*1-10-5-6-15(16(22)20-10)21-9-11-7-13(18(2,3)4)14(19)8-12(11)17(21)23;2*1-11-5-8-15(16(21)19-11)20-10-12-9-13(18(2,3)4)6-7-14(12)17(20)22;1-11-5-8-15(16(21)19-11)20-10-12-6-7-13(18(2,3)4)9-14(12)17(20)22/h2*7-8,15H,1,5-6,9H2,2-4H3,(H,20,22);3*6-7,9,15H,1,5,8,10H2,2-4H3,(H,19,21)/t15-;;15-;;/m0.0../s1. The van der Waals surface area contributed by atoms with Crippen molar-refractivity contribution in [3.63, 3.8) is 0 Å². The van der Waals surface area contributed by atoms with Crippen molar-refractivity contribution in [1.29, 1.82) is 0 Å². The number of carbonyl (C=O) groups is 10. The van der Waals surface area contributed by atoms with Crippen LogP contribution in [0.2, 0.25) is 0 Å². The van der Waals surface area contributed by atoms with Crippen LogP contribution in [0.25, 0.3) is 0 Å². The van der Waals surface area contributed by atoms with Crippen LogP contribution in [-0.2, 0) is 83.8 Å². The lowest BCUT2D eigenvalue weighted by molar-refractivity contribution is -0.127. The molecule has 0 aliphatic carbocycles. The van der Waals surface area contributed by atoms with Gasteiger partial charge >= 0.3 is 0 Å². The molecule has 0 spiro atoms. The van der Waals surface area contributed by atoms with Gasteiger partial charge in [0.25, 0.3) is 29.5 Å². The molecule has 0 aromatic heterocycles. The summed E-state index contributed by atoms with van der Waals surface area (Å²) in [5, 5.41) is 13.7. The molecule has 10 aliphatic rings. The van der Waals surface area contributed by atoms with Gasteiger partial charge in [0.1, 0.15) is 41.8 Å². The minimum atomic E-state index is -0.512. The third kappa shape index (κ3) is 17.4. The Balaban J connectivity index is 0.000000138. The number of amides is 10. The third-order valence-corrected chi connectivity index (χ3v) is 22.6. The Hall–Kier alpha value is -10.6. The van der Waals surface area contributed by atoms with Crippen molar-refractivity contribution in [3.05, 3.63) is 235 Å². The largest absolute Gasteiger partial charge is 0.329 e. The van der Waals surface area contributed by atoms with E-state index in [1.807, 2.05) is 77.9 Å². The molecule has 5 atom stereocenters. The van der Waals surface area contributed by atoms with Crippen LogP contribution in [0.3, 0.4) is 0 Å². The summed E-state index contributed by atoms with van der Waals surface area (Å²) in [6.45, 7) is 52.1. The van der Waals surface area contributed by atoms with E-state index in [2.05, 4.69) is 140 Å². The molecule has 10 amide bonds. The SMILES string of the molecule is C=C1CCC(N2Cc3cc(C(C)(C)C)c(F)cc3C2=O)C(=O)N1.C=C1CCC(N2Cc3cc(C(C)(C)C)ccc3C2=O)C(=O)N1.C=C1CCC(N2Cc3ccc(C(C)(C)C)cc3C2=O)C(=O)N1.C=C1CC[C@H](N2Cc3cc(C(C)(C)C)c(F)cc3C2=O)C(=O)N1.C=C1CC[C@H](N2Cc3cc(C(C)(C)C)ccc3C2=O)C(=O)N1. The van der Waals surface area contributed by atoms with Gasteiger partial charge in [0.05, 0.1) is 0 Å². The minimum absolute atomic E-state index is 0.00266. The molecule has 0 radical (unpaired) electrons. The van der Waals surface area contributed by atoms with E-state index in [4.69, 9.17) is 0 Å². The average molecular weight is 1530 g/mol.